The SMILES string of the molecule is COc1ccc([C@@H]2[C@H](C(=O)Nc3ccc(OC)c(Cl)c3)c3ccccc3C(=O)N2C2CCCCC2)cc1. The summed E-state index contributed by atoms with van der Waals surface area (Å²) < 4.78 is 10.6. The number of carbonyl (C=O) groups is 2. The standard InChI is InChI=1S/C30H31ClN2O4/c1-36-22-15-12-19(13-16-22)28-27(29(34)32-20-14-17-26(37-2)25(31)18-20)23-10-6-7-11-24(23)30(35)33(28)21-8-4-3-5-9-21/h6-7,10-18,21,27-28H,3-5,8-9H2,1-2H3,(H,32,34)/t27-,28-/m1/s1. The highest BCUT2D eigenvalue weighted by atomic mass is 35.5. The number of nitrogens with zero attached hydrogens (tertiary/aromatic N) is 1. The molecule has 1 heterocycles. The molecule has 3 aromatic carbocycles. The summed E-state index contributed by atoms with van der Waals surface area (Å²) in [7, 11) is 3.18. The second-order valence-corrected chi connectivity index (χ2v) is 10.0. The Kier molecular flexibility index (Phi) is 7.38. The van der Waals surface area contributed by atoms with Crippen LogP contribution >= 0.6 is 11.6 Å². The van der Waals surface area contributed by atoms with Crippen molar-refractivity contribution in [3.8, 4) is 11.5 Å². The molecule has 0 spiro atoms. The highest BCUT2D eigenvalue weighted by Gasteiger charge is 2.46. The van der Waals surface area contributed by atoms with Gasteiger partial charge in [-0.25, -0.2) is 0 Å². The largest absolute Gasteiger partial charge is 0.497 e. The molecule has 1 saturated carbocycles. The third-order valence-corrected chi connectivity index (χ3v) is 7.80. The molecule has 0 bridgehead atoms. The van der Waals surface area contributed by atoms with Crippen molar-refractivity contribution in [2.75, 3.05) is 19.5 Å². The topological polar surface area (TPSA) is 67.9 Å². The van der Waals surface area contributed by atoms with Crippen molar-refractivity contribution in [2.24, 2.45) is 0 Å². The summed E-state index contributed by atoms with van der Waals surface area (Å²) in [6.07, 6.45) is 5.19. The van der Waals surface area contributed by atoms with Crippen LogP contribution in [0, 0.1) is 0 Å². The monoisotopic (exact) mass is 518 g/mol. The second-order valence-electron chi connectivity index (χ2n) is 9.63. The van der Waals surface area contributed by atoms with Crippen LogP contribution in [0.3, 0.4) is 0 Å². The normalized spacial score (nSPS) is 19.8. The van der Waals surface area contributed by atoms with Gasteiger partial charge in [-0.2, -0.15) is 0 Å². The van der Waals surface area contributed by atoms with Gasteiger partial charge in [0.2, 0.25) is 5.91 Å². The molecule has 1 aliphatic heterocycles. The third-order valence-electron chi connectivity index (χ3n) is 7.50. The van der Waals surface area contributed by atoms with Crippen LogP contribution in [0.2, 0.25) is 5.02 Å². The average molecular weight is 519 g/mol. The van der Waals surface area contributed by atoms with Crippen molar-refractivity contribution in [2.45, 2.75) is 50.1 Å². The summed E-state index contributed by atoms with van der Waals surface area (Å²) in [5.74, 6) is 0.449. The first-order valence-electron chi connectivity index (χ1n) is 12.7. The van der Waals surface area contributed by atoms with Crippen LogP contribution in [0.25, 0.3) is 0 Å². The molecule has 0 aromatic heterocycles. The fraction of sp³-hybridized carbons (Fsp3) is 0.333. The van der Waals surface area contributed by atoms with Gasteiger partial charge in [-0.1, -0.05) is 61.2 Å². The van der Waals surface area contributed by atoms with E-state index < -0.39 is 12.0 Å². The van der Waals surface area contributed by atoms with E-state index in [1.165, 1.54) is 6.42 Å². The quantitative estimate of drug-likeness (QED) is 0.398. The van der Waals surface area contributed by atoms with Gasteiger partial charge in [0.15, 0.2) is 0 Å². The average Bonchev–Trinajstić information content (AvgIpc) is 2.93. The van der Waals surface area contributed by atoms with E-state index in [0.29, 0.717) is 22.0 Å². The van der Waals surface area contributed by atoms with E-state index in [-0.39, 0.29) is 17.9 Å². The van der Waals surface area contributed by atoms with Crippen LogP contribution < -0.4 is 14.8 Å². The maximum absolute atomic E-state index is 14.1. The van der Waals surface area contributed by atoms with Crippen LogP contribution in [-0.2, 0) is 4.79 Å². The minimum absolute atomic E-state index is 0.0140. The molecule has 2 aliphatic rings. The Labute approximate surface area is 222 Å². The molecule has 1 aliphatic carbocycles. The zero-order valence-electron chi connectivity index (χ0n) is 21.1. The van der Waals surface area contributed by atoms with Gasteiger partial charge in [0.05, 0.1) is 31.2 Å². The summed E-state index contributed by atoms with van der Waals surface area (Å²) >= 11 is 6.34. The number of hydrogen-bond acceptors (Lipinski definition) is 4. The van der Waals surface area contributed by atoms with Gasteiger partial charge in [0.1, 0.15) is 11.5 Å². The van der Waals surface area contributed by atoms with Gasteiger partial charge in [-0.05, 0) is 60.4 Å². The number of rotatable bonds is 6. The number of benzene rings is 3. The van der Waals surface area contributed by atoms with Gasteiger partial charge in [-0.3, -0.25) is 9.59 Å². The molecule has 3 aromatic rings. The predicted molar refractivity (Wildman–Crippen MR) is 145 cm³/mol. The molecule has 1 fully saturated rings. The number of carbonyl (C=O) groups excluding carboxylic acids is 2. The molecule has 2 atom stereocenters. The Balaban J connectivity index is 1.61. The zero-order chi connectivity index (χ0) is 25.9. The number of fused-ring (bicyclic) bond motifs is 1. The Hall–Kier alpha value is -3.51. The molecule has 5 rings (SSSR count). The minimum atomic E-state index is -0.606. The third kappa shape index (κ3) is 4.90. The smallest absolute Gasteiger partial charge is 0.254 e. The molecule has 192 valence electrons. The maximum Gasteiger partial charge on any atom is 0.254 e. The van der Waals surface area contributed by atoms with Gasteiger partial charge in [-0.15, -0.1) is 0 Å². The van der Waals surface area contributed by atoms with E-state index in [2.05, 4.69) is 5.32 Å². The Morgan fingerprint density at radius 3 is 2.35 bits per heavy atom. The lowest BCUT2D eigenvalue weighted by molar-refractivity contribution is -0.119. The summed E-state index contributed by atoms with van der Waals surface area (Å²) in [5, 5.41) is 3.48. The lowest BCUT2D eigenvalue weighted by Crippen LogP contribution is -2.51. The minimum Gasteiger partial charge on any atom is -0.497 e. The van der Waals surface area contributed by atoms with Crippen LogP contribution in [-0.4, -0.2) is 37.0 Å². The molecular weight excluding hydrogens is 488 g/mol. The van der Waals surface area contributed by atoms with Crippen molar-refractivity contribution < 1.29 is 19.1 Å². The van der Waals surface area contributed by atoms with E-state index in [4.69, 9.17) is 21.1 Å². The van der Waals surface area contributed by atoms with Crippen LogP contribution in [0.5, 0.6) is 11.5 Å². The van der Waals surface area contributed by atoms with Crippen LogP contribution in [0.4, 0.5) is 5.69 Å². The summed E-state index contributed by atoms with van der Waals surface area (Å²) in [6.45, 7) is 0. The first-order valence-corrected chi connectivity index (χ1v) is 13.1. The fourth-order valence-electron chi connectivity index (χ4n) is 5.71. The van der Waals surface area contributed by atoms with Crippen molar-refractivity contribution in [1.29, 1.82) is 0 Å². The lowest BCUT2D eigenvalue weighted by atomic mass is 9.77. The summed E-state index contributed by atoms with van der Waals surface area (Å²) in [5.41, 5.74) is 2.80. The van der Waals surface area contributed by atoms with E-state index in [1.54, 1.807) is 32.4 Å². The van der Waals surface area contributed by atoms with E-state index in [9.17, 15) is 9.59 Å². The Morgan fingerprint density at radius 1 is 0.946 bits per heavy atom. The van der Waals surface area contributed by atoms with E-state index in [0.717, 1.165) is 42.6 Å². The first kappa shape index (κ1) is 25.2. The number of amides is 2. The van der Waals surface area contributed by atoms with Crippen LogP contribution in [0.1, 0.15) is 65.5 Å². The zero-order valence-corrected chi connectivity index (χ0v) is 21.8. The van der Waals surface area contributed by atoms with Crippen molar-refractivity contribution >= 4 is 29.1 Å². The number of halogens is 1. The Bertz CT molecular complexity index is 1290. The second kappa shape index (κ2) is 10.9. The number of nitrogens with one attached hydrogen (secondary N) is 1. The van der Waals surface area contributed by atoms with Gasteiger partial charge in [0.25, 0.3) is 5.91 Å². The predicted octanol–water partition coefficient (Wildman–Crippen LogP) is 6.61. The van der Waals surface area contributed by atoms with Crippen LogP contribution in [0.15, 0.2) is 66.7 Å². The van der Waals surface area contributed by atoms with Crippen molar-refractivity contribution in [3.63, 3.8) is 0 Å². The molecule has 6 nitrogen and oxygen atoms in total. The molecule has 0 unspecified atom stereocenters. The lowest BCUT2D eigenvalue weighted by Gasteiger charge is -2.46. The molecular formula is C30H31ClN2O4. The van der Waals surface area contributed by atoms with Gasteiger partial charge < -0.3 is 19.7 Å². The molecule has 1 N–H and O–H groups in total. The molecule has 0 radical (unpaired) electrons. The number of anilines is 1. The molecule has 7 heteroatoms. The van der Waals surface area contributed by atoms with Gasteiger partial charge >= 0.3 is 0 Å². The first-order chi connectivity index (χ1) is 18.0. The van der Waals surface area contributed by atoms with Gasteiger partial charge in [0, 0.05) is 17.3 Å². The summed E-state index contributed by atoms with van der Waals surface area (Å²) in [4.78, 5) is 30.1. The highest BCUT2D eigenvalue weighted by molar-refractivity contribution is 6.32. The summed E-state index contributed by atoms with van der Waals surface area (Å²) in [6, 6.07) is 20.0. The maximum atomic E-state index is 14.1. The van der Waals surface area contributed by atoms with E-state index >= 15 is 0 Å². The van der Waals surface area contributed by atoms with E-state index in [1.807, 2.05) is 53.4 Å². The highest BCUT2D eigenvalue weighted by Crippen LogP contribution is 2.46. The number of hydrogen-bond donors (Lipinski definition) is 1. The molecule has 37 heavy (non-hydrogen) atoms. The number of ether oxygens (including phenoxy) is 2. The van der Waals surface area contributed by atoms with Crippen molar-refractivity contribution in [1.82, 2.24) is 4.90 Å². The molecule has 0 saturated heterocycles. The molecule has 2 amide bonds. The fourth-order valence-corrected chi connectivity index (χ4v) is 5.97. The Morgan fingerprint density at radius 2 is 1.68 bits per heavy atom. The number of methoxy groups -OCH3 is 2. The van der Waals surface area contributed by atoms with Crippen molar-refractivity contribution in [3.05, 3.63) is 88.4 Å².